The van der Waals surface area contributed by atoms with Gasteiger partial charge in [0.25, 0.3) is 5.91 Å². The van der Waals surface area contributed by atoms with Gasteiger partial charge in [-0.2, -0.15) is 0 Å². The van der Waals surface area contributed by atoms with Gasteiger partial charge in [0.2, 0.25) is 5.91 Å². The van der Waals surface area contributed by atoms with Gasteiger partial charge in [0.15, 0.2) is 6.61 Å². The first-order chi connectivity index (χ1) is 12.0. The van der Waals surface area contributed by atoms with Crippen molar-refractivity contribution >= 4 is 23.5 Å². The molecule has 1 saturated heterocycles. The fourth-order valence-corrected chi connectivity index (χ4v) is 3.02. The summed E-state index contributed by atoms with van der Waals surface area (Å²) in [5.41, 5.74) is -0.478. The van der Waals surface area contributed by atoms with Gasteiger partial charge in [0.1, 0.15) is 12.3 Å². The van der Waals surface area contributed by atoms with Crippen LogP contribution in [0.15, 0.2) is 24.3 Å². The van der Waals surface area contributed by atoms with Crippen LogP contribution in [0.25, 0.3) is 0 Å². The third-order valence-corrected chi connectivity index (χ3v) is 4.64. The van der Waals surface area contributed by atoms with E-state index in [0.29, 0.717) is 37.5 Å². The van der Waals surface area contributed by atoms with Crippen LogP contribution in [0.2, 0.25) is 0 Å². The molecule has 8 heteroatoms. The number of ether oxygens (including phenoxy) is 2. The van der Waals surface area contributed by atoms with Crippen molar-refractivity contribution in [1.29, 1.82) is 0 Å². The molecule has 2 aliphatic heterocycles. The Morgan fingerprint density at radius 3 is 2.68 bits per heavy atom. The van der Waals surface area contributed by atoms with Gasteiger partial charge in [0, 0.05) is 19.8 Å². The average molecular weight is 348 g/mol. The van der Waals surface area contributed by atoms with E-state index < -0.39 is 17.3 Å². The topological polar surface area (TPSA) is 105 Å². The van der Waals surface area contributed by atoms with Crippen LogP contribution in [-0.4, -0.2) is 55.8 Å². The van der Waals surface area contributed by atoms with E-state index in [0.717, 1.165) is 0 Å². The molecule has 1 aromatic carbocycles. The lowest BCUT2D eigenvalue weighted by molar-refractivity contribution is -0.154. The molecule has 0 unspecified atom stereocenters. The number of anilines is 1. The molecule has 2 aliphatic rings. The van der Waals surface area contributed by atoms with Crippen molar-refractivity contribution in [2.75, 3.05) is 37.8 Å². The highest BCUT2D eigenvalue weighted by atomic mass is 16.5. The van der Waals surface area contributed by atoms with Crippen LogP contribution in [0, 0.1) is 5.41 Å². The quantitative estimate of drug-likeness (QED) is 0.798. The van der Waals surface area contributed by atoms with Crippen LogP contribution in [0.4, 0.5) is 5.69 Å². The number of rotatable bonds is 5. The second-order valence-corrected chi connectivity index (χ2v) is 6.21. The summed E-state index contributed by atoms with van der Waals surface area (Å²) < 4.78 is 10.5. The highest BCUT2D eigenvalue weighted by Crippen LogP contribution is 2.32. The summed E-state index contributed by atoms with van der Waals surface area (Å²) >= 11 is 0. The number of amides is 2. The van der Waals surface area contributed by atoms with E-state index in [9.17, 15) is 19.5 Å². The maximum atomic E-state index is 12.3. The molecule has 0 bridgehead atoms. The number of carbonyl (C=O) groups is 3. The van der Waals surface area contributed by atoms with Crippen LogP contribution < -0.4 is 15.0 Å². The molecule has 2 amide bonds. The zero-order chi connectivity index (χ0) is 17.9. The fraction of sp³-hybridized carbons (Fsp3) is 0.471. The summed E-state index contributed by atoms with van der Waals surface area (Å²) in [7, 11) is 0. The van der Waals surface area contributed by atoms with Crippen molar-refractivity contribution in [2.24, 2.45) is 5.41 Å². The first kappa shape index (κ1) is 17.2. The molecule has 3 rings (SSSR count). The SMILES string of the molecule is O=C(CN1C(=O)COc2ccccc21)NCC1(C(=O)O)CCOCC1. The Kier molecular flexibility index (Phi) is 4.89. The molecule has 2 heterocycles. The number of hydrogen-bond donors (Lipinski definition) is 2. The van der Waals surface area contributed by atoms with Gasteiger partial charge >= 0.3 is 5.97 Å². The molecule has 1 aromatic rings. The van der Waals surface area contributed by atoms with Crippen molar-refractivity contribution in [3.05, 3.63) is 24.3 Å². The number of carboxylic acid groups (broad SMARTS) is 1. The molecule has 0 atom stereocenters. The van der Waals surface area contributed by atoms with Crippen molar-refractivity contribution in [3.8, 4) is 5.75 Å². The normalized spacial score (nSPS) is 18.9. The Labute approximate surface area is 144 Å². The number of nitrogens with zero attached hydrogens (tertiary/aromatic N) is 1. The number of carbonyl (C=O) groups excluding carboxylic acids is 2. The van der Waals surface area contributed by atoms with E-state index >= 15 is 0 Å². The first-order valence-electron chi connectivity index (χ1n) is 8.12. The lowest BCUT2D eigenvalue weighted by atomic mass is 9.80. The molecule has 0 radical (unpaired) electrons. The van der Waals surface area contributed by atoms with E-state index in [4.69, 9.17) is 9.47 Å². The molecule has 134 valence electrons. The van der Waals surface area contributed by atoms with Crippen LogP contribution in [0.1, 0.15) is 12.8 Å². The molecular formula is C17H20N2O6. The van der Waals surface area contributed by atoms with Crippen molar-refractivity contribution < 1.29 is 29.0 Å². The van der Waals surface area contributed by atoms with Crippen LogP contribution >= 0.6 is 0 Å². The van der Waals surface area contributed by atoms with Crippen molar-refractivity contribution in [2.45, 2.75) is 12.8 Å². The molecule has 25 heavy (non-hydrogen) atoms. The standard InChI is InChI=1S/C17H20N2O6/c20-14(18-11-17(16(22)23)5-7-24-8-6-17)9-19-12-3-1-2-4-13(12)25-10-15(19)21/h1-4H,5-11H2,(H,18,20)(H,22,23). The fourth-order valence-electron chi connectivity index (χ4n) is 3.02. The number of carboxylic acids is 1. The lowest BCUT2D eigenvalue weighted by Gasteiger charge is -2.33. The predicted molar refractivity (Wildman–Crippen MR) is 87.4 cm³/mol. The Bertz CT molecular complexity index is 683. The zero-order valence-corrected chi connectivity index (χ0v) is 13.7. The van der Waals surface area contributed by atoms with Crippen LogP contribution in [0.3, 0.4) is 0 Å². The van der Waals surface area contributed by atoms with Gasteiger partial charge in [0.05, 0.1) is 11.1 Å². The second kappa shape index (κ2) is 7.10. The smallest absolute Gasteiger partial charge is 0.311 e. The molecule has 0 aromatic heterocycles. The molecule has 0 spiro atoms. The summed E-state index contributed by atoms with van der Waals surface area (Å²) in [4.78, 5) is 37.3. The lowest BCUT2D eigenvalue weighted by Crippen LogP contribution is -2.50. The molecule has 0 aliphatic carbocycles. The number of para-hydroxylation sites is 2. The van der Waals surface area contributed by atoms with E-state index in [-0.39, 0.29) is 25.6 Å². The number of fused-ring (bicyclic) bond motifs is 1. The summed E-state index contributed by atoms with van der Waals surface area (Å²) in [6.07, 6.45) is 0.698. The maximum Gasteiger partial charge on any atom is 0.311 e. The zero-order valence-electron chi connectivity index (χ0n) is 13.7. The molecule has 0 saturated carbocycles. The van der Waals surface area contributed by atoms with Gasteiger partial charge in [-0.1, -0.05) is 12.1 Å². The van der Waals surface area contributed by atoms with Gasteiger partial charge in [-0.25, -0.2) is 0 Å². The Balaban J connectivity index is 1.64. The number of benzene rings is 1. The van der Waals surface area contributed by atoms with E-state index in [1.54, 1.807) is 24.3 Å². The predicted octanol–water partition coefficient (Wildman–Crippen LogP) is 0.410. The minimum absolute atomic E-state index is 0.0186. The maximum absolute atomic E-state index is 12.3. The highest BCUT2D eigenvalue weighted by Gasteiger charge is 2.40. The Hall–Kier alpha value is -2.61. The number of aliphatic carboxylic acids is 1. The van der Waals surface area contributed by atoms with Crippen molar-refractivity contribution in [3.63, 3.8) is 0 Å². The van der Waals surface area contributed by atoms with E-state index in [1.807, 2.05) is 0 Å². The second-order valence-electron chi connectivity index (χ2n) is 6.21. The summed E-state index contributed by atoms with van der Waals surface area (Å²) in [5, 5.41) is 12.2. The first-order valence-corrected chi connectivity index (χ1v) is 8.12. The van der Waals surface area contributed by atoms with Gasteiger partial charge in [-0.05, 0) is 25.0 Å². The number of nitrogens with one attached hydrogen (secondary N) is 1. The number of hydrogen-bond acceptors (Lipinski definition) is 5. The molecule has 8 nitrogen and oxygen atoms in total. The minimum Gasteiger partial charge on any atom is -0.482 e. The van der Waals surface area contributed by atoms with Crippen LogP contribution in [0.5, 0.6) is 5.75 Å². The van der Waals surface area contributed by atoms with E-state index in [2.05, 4.69) is 5.32 Å². The Morgan fingerprint density at radius 2 is 1.96 bits per heavy atom. The van der Waals surface area contributed by atoms with Crippen LogP contribution in [-0.2, 0) is 19.1 Å². The summed E-state index contributed by atoms with van der Waals surface area (Å²) in [6.45, 7) is 0.436. The molecular weight excluding hydrogens is 328 g/mol. The Morgan fingerprint density at radius 1 is 1.24 bits per heavy atom. The monoisotopic (exact) mass is 348 g/mol. The summed E-state index contributed by atoms with van der Waals surface area (Å²) in [6, 6.07) is 6.98. The largest absolute Gasteiger partial charge is 0.482 e. The van der Waals surface area contributed by atoms with E-state index in [1.165, 1.54) is 4.90 Å². The highest BCUT2D eigenvalue weighted by molar-refractivity contribution is 6.02. The average Bonchev–Trinajstić information content (AvgIpc) is 2.63. The van der Waals surface area contributed by atoms with Gasteiger partial charge in [-0.3, -0.25) is 19.3 Å². The van der Waals surface area contributed by atoms with Gasteiger partial charge < -0.3 is 19.9 Å². The van der Waals surface area contributed by atoms with Crippen molar-refractivity contribution in [1.82, 2.24) is 5.32 Å². The third-order valence-electron chi connectivity index (χ3n) is 4.64. The molecule has 1 fully saturated rings. The molecule has 2 N–H and O–H groups in total. The minimum atomic E-state index is -1.01. The summed E-state index contributed by atoms with van der Waals surface area (Å²) in [5.74, 6) is -1.12. The van der Waals surface area contributed by atoms with Gasteiger partial charge in [-0.15, -0.1) is 0 Å². The third kappa shape index (κ3) is 3.58.